The lowest BCUT2D eigenvalue weighted by Gasteiger charge is -2.47. The Balaban J connectivity index is 1.43. The quantitative estimate of drug-likeness (QED) is 0.401. The second kappa shape index (κ2) is 10.2. The van der Waals surface area contributed by atoms with Gasteiger partial charge in [-0.3, -0.25) is 4.79 Å². The molecule has 1 fully saturated rings. The van der Waals surface area contributed by atoms with Crippen molar-refractivity contribution in [1.82, 2.24) is 10.2 Å². The van der Waals surface area contributed by atoms with Crippen LogP contribution in [0.1, 0.15) is 67.9 Å². The van der Waals surface area contributed by atoms with E-state index < -0.39 is 35.4 Å². The van der Waals surface area contributed by atoms with Gasteiger partial charge in [0.1, 0.15) is 0 Å². The number of carbonyl (C=O) groups excluding carboxylic acids is 1. The van der Waals surface area contributed by atoms with Crippen LogP contribution in [-0.4, -0.2) is 30.4 Å². The fraction of sp³-hybridized carbons (Fsp3) is 0.552. The SMILES string of the molecule is CC[C@](C)(CN1CC[C@@]2(CCc3ccccc32)[C@@H](C)C1)C(=O)NCc1cc(C(F)(F)F)cc(C(F)(F)F)c1. The van der Waals surface area contributed by atoms with E-state index in [9.17, 15) is 31.1 Å². The molecule has 9 heteroatoms. The molecule has 2 aliphatic rings. The van der Waals surface area contributed by atoms with Crippen LogP contribution in [-0.2, 0) is 35.5 Å². The monoisotopic (exact) mass is 540 g/mol. The second-order valence-corrected chi connectivity index (χ2v) is 11.2. The van der Waals surface area contributed by atoms with Gasteiger partial charge < -0.3 is 10.2 Å². The van der Waals surface area contributed by atoms with Gasteiger partial charge in [-0.15, -0.1) is 0 Å². The van der Waals surface area contributed by atoms with Gasteiger partial charge in [-0.25, -0.2) is 0 Å². The van der Waals surface area contributed by atoms with Gasteiger partial charge in [0.2, 0.25) is 5.91 Å². The molecule has 1 saturated heterocycles. The maximum absolute atomic E-state index is 13.2. The van der Waals surface area contributed by atoms with Gasteiger partial charge in [0.15, 0.2) is 0 Å². The van der Waals surface area contributed by atoms with Crippen LogP contribution in [0.15, 0.2) is 42.5 Å². The van der Waals surface area contributed by atoms with E-state index in [0.29, 0.717) is 31.0 Å². The fourth-order valence-electron chi connectivity index (χ4n) is 6.24. The molecule has 0 radical (unpaired) electrons. The number of hydrogen-bond acceptors (Lipinski definition) is 2. The lowest BCUT2D eigenvalue weighted by molar-refractivity contribution is -0.143. The van der Waals surface area contributed by atoms with Crippen molar-refractivity contribution in [2.24, 2.45) is 11.3 Å². The predicted molar refractivity (Wildman–Crippen MR) is 133 cm³/mol. The zero-order chi connectivity index (χ0) is 27.9. The van der Waals surface area contributed by atoms with Crippen molar-refractivity contribution in [3.63, 3.8) is 0 Å². The highest BCUT2D eigenvalue weighted by atomic mass is 19.4. The molecule has 3 nitrogen and oxygen atoms in total. The van der Waals surface area contributed by atoms with Crippen molar-refractivity contribution in [3.8, 4) is 0 Å². The molecular formula is C29H34F6N2O. The molecular weight excluding hydrogens is 506 g/mol. The molecule has 2 aromatic carbocycles. The van der Waals surface area contributed by atoms with Gasteiger partial charge >= 0.3 is 12.4 Å². The average molecular weight is 541 g/mol. The molecule has 3 atom stereocenters. The Morgan fingerprint density at radius 3 is 2.24 bits per heavy atom. The van der Waals surface area contributed by atoms with Crippen LogP contribution >= 0.6 is 0 Å². The van der Waals surface area contributed by atoms with Crippen molar-refractivity contribution in [2.75, 3.05) is 19.6 Å². The third-order valence-electron chi connectivity index (χ3n) is 8.75. The van der Waals surface area contributed by atoms with E-state index >= 15 is 0 Å². The lowest BCUT2D eigenvalue weighted by atomic mass is 9.67. The van der Waals surface area contributed by atoms with Crippen LogP contribution in [0.3, 0.4) is 0 Å². The number of nitrogens with one attached hydrogen (secondary N) is 1. The average Bonchev–Trinajstić information content (AvgIpc) is 3.23. The zero-order valence-corrected chi connectivity index (χ0v) is 21.9. The standard InChI is InChI=1S/C29H34F6N2O/c1-4-26(3,18-37-12-11-27(19(2)17-37)10-9-21-7-5-6-8-24(21)27)25(38)36-16-20-13-22(28(30,31)32)15-23(14-20)29(33,34)35/h5-8,13-15,19H,4,9-12,16-18H2,1-3H3,(H,36,38)/t19-,26+,27-/m0/s1. The molecule has 1 spiro atoms. The summed E-state index contributed by atoms with van der Waals surface area (Å²) in [4.78, 5) is 15.5. The number of nitrogens with zero attached hydrogens (tertiary/aromatic N) is 1. The third-order valence-corrected chi connectivity index (χ3v) is 8.75. The van der Waals surface area contributed by atoms with Crippen molar-refractivity contribution in [1.29, 1.82) is 0 Å². The first-order valence-electron chi connectivity index (χ1n) is 13.1. The van der Waals surface area contributed by atoms with Gasteiger partial charge in [-0.2, -0.15) is 26.3 Å². The normalized spacial score (nSPS) is 23.8. The Bertz CT molecular complexity index is 1140. The van der Waals surface area contributed by atoms with Crippen LogP contribution in [0.5, 0.6) is 0 Å². The number of fused-ring (bicyclic) bond motifs is 2. The van der Waals surface area contributed by atoms with Gasteiger partial charge in [-0.1, -0.05) is 38.1 Å². The third kappa shape index (κ3) is 5.58. The van der Waals surface area contributed by atoms with Crippen LogP contribution in [0.4, 0.5) is 26.3 Å². The maximum atomic E-state index is 13.2. The number of likely N-dealkylation sites (tertiary alicyclic amines) is 1. The van der Waals surface area contributed by atoms with Crippen LogP contribution < -0.4 is 5.32 Å². The number of rotatable bonds is 6. The summed E-state index contributed by atoms with van der Waals surface area (Å²) < 4.78 is 79.2. The Hall–Kier alpha value is -2.55. The van der Waals surface area contributed by atoms with Gasteiger partial charge in [-0.05, 0) is 80.0 Å². The molecule has 4 rings (SSSR count). The van der Waals surface area contributed by atoms with E-state index in [0.717, 1.165) is 32.4 Å². The lowest BCUT2D eigenvalue weighted by Crippen LogP contribution is -2.53. The summed E-state index contributed by atoms with van der Waals surface area (Å²) >= 11 is 0. The first-order chi connectivity index (χ1) is 17.7. The van der Waals surface area contributed by atoms with Crippen molar-refractivity contribution in [2.45, 2.75) is 70.8 Å². The van der Waals surface area contributed by atoms with Gasteiger partial charge in [0, 0.05) is 25.0 Å². The Morgan fingerprint density at radius 1 is 1.03 bits per heavy atom. The number of benzene rings is 2. The predicted octanol–water partition coefficient (Wildman–Crippen LogP) is 6.98. The summed E-state index contributed by atoms with van der Waals surface area (Å²) in [6.45, 7) is 7.61. The molecule has 1 heterocycles. The second-order valence-electron chi connectivity index (χ2n) is 11.2. The van der Waals surface area contributed by atoms with Crippen LogP contribution in [0.2, 0.25) is 0 Å². The van der Waals surface area contributed by atoms with E-state index in [1.165, 1.54) is 11.1 Å². The molecule has 1 N–H and O–H groups in total. The number of amides is 1. The van der Waals surface area contributed by atoms with Gasteiger partial charge in [0.25, 0.3) is 0 Å². The summed E-state index contributed by atoms with van der Waals surface area (Å²) in [7, 11) is 0. The number of carbonyl (C=O) groups is 1. The molecule has 0 saturated carbocycles. The minimum atomic E-state index is -4.93. The number of piperidine rings is 1. The van der Waals surface area contributed by atoms with E-state index in [4.69, 9.17) is 0 Å². The van der Waals surface area contributed by atoms with Crippen LogP contribution in [0, 0.1) is 11.3 Å². The molecule has 1 aliphatic carbocycles. The topological polar surface area (TPSA) is 32.3 Å². The van der Waals surface area contributed by atoms with E-state index in [-0.39, 0.29) is 23.0 Å². The highest BCUT2D eigenvalue weighted by Gasteiger charge is 2.47. The Kier molecular flexibility index (Phi) is 7.64. The van der Waals surface area contributed by atoms with E-state index in [1.54, 1.807) is 6.92 Å². The number of halogens is 6. The molecule has 208 valence electrons. The first-order valence-corrected chi connectivity index (χ1v) is 13.1. The zero-order valence-electron chi connectivity index (χ0n) is 21.9. The number of aryl methyl sites for hydroxylation is 1. The molecule has 1 aliphatic heterocycles. The summed E-state index contributed by atoms with van der Waals surface area (Å²) in [5, 5.41) is 2.61. The highest BCUT2D eigenvalue weighted by molar-refractivity contribution is 5.82. The van der Waals surface area contributed by atoms with Crippen molar-refractivity contribution >= 4 is 5.91 Å². The van der Waals surface area contributed by atoms with Gasteiger partial charge in [0.05, 0.1) is 16.5 Å². The molecule has 2 aromatic rings. The van der Waals surface area contributed by atoms with E-state index in [2.05, 4.69) is 41.4 Å². The highest BCUT2D eigenvalue weighted by Crippen LogP contribution is 2.49. The maximum Gasteiger partial charge on any atom is 0.416 e. The van der Waals surface area contributed by atoms with Crippen molar-refractivity contribution < 1.29 is 31.1 Å². The summed E-state index contributed by atoms with van der Waals surface area (Å²) in [5.41, 5.74) is -0.882. The summed E-state index contributed by atoms with van der Waals surface area (Å²) in [6.07, 6.45) is -6.21. The summed E-state index contributed by atoms with van der Waals surface area (Å²) in [5.74, 6) is 0.0000810. The smallest absolute Gasteiger partial charge is 0.352 e. The Labute approximate surface area is 219 Å². The molecule has 0 bridgehead atoms. The molecule has 1 amide bonds. The fourth-order valence-corrected chi connectivity index (χ4v) is 6.24. The largest absolute Gasteiger partial charge is 0.416 e. The number of alkyl halides is 6. The van der Waals surface area contributed by atoms with Crippen molar-refractivity contribution in [3.05, 3.63) is 70.3 Å². The minimum Gasteiger partial charge on any atom is -0.352 e. The Morgan fingerprint density at radius 2 is 1.66 bits per heavy atom. The minimum absolute atomic E-state index is 0.0918. The first kappa shape index (κ1) is 28.5. The van der Waals surface area contributed by atoms with Crippen LogP contribution in [0.25, 0.3) is 0 Å². The number of hydrogen-bond donors (Lipinski definition) is 1. The molecule has 38 heavy (non-hydrogen) atoms. The van der Waals surface area contributed by atoms with E-state index in [1.807, 2.05) is 6.92 Å². The molecule has 0 aromatic heterocycles. The molecule has 0 unspecified atom stereocenters. The summed E-state index contributed by atoms with van der Waals surface area (Å²) in [6, 6.07) is 10.0.